The normalized spacial score (nSPS) is 12.1. The van der Waals surface area contributed by atoms with Gasteiger partial charge >= 0.3 is 0 Å². The number of hydrogen-bond acceptors (Lipinski definition) is 5. The third-order valence-electron chi connectivity index (χ3n) is 3.16. The Morgan fingerprint density at radius 1 is 1.29 bits per heavy atom. The van der Waals surface area contributed by atoms with Gasteiger partial charge in [-0.3, -0.25) is 14.6 Å². The lowest BCUT2D eigenvalue weighted by Gasteiger charge is -2.12. The molecular formula is C18H21N3O3. The predicted octanol–water partition coefficient (Wildman–Crippen LogP) is 2.29. The predicted molar refractivity (Wildman–Crippen MR) is 92.2 cm³/mol. The first-order valence-electron chi connectivity index (χ1n) is 7.65. The third-order valence-corrected chi connectivity index (χ3v) is 3.16. The van der Waals surface area contributed by atoms with Crippen LogP contribution < -0.4 is 10.8 Å². The molecule has 0 aliphatic rings. The lowest BCUT2D eigenvalue weighted by atomic mass is 10.1. The van der Waals surface area contributed by atoms with Crippen LogP contribution in [0.3, 0.4) is 0 Å². The minimum atomic E-state index is -0.539. The number of aliphatic hydroxyl groups is 1. The van der Waals surface area contributed by atoms with Crippen molar-refractivity contribution < 1.29 is 14.7 Å². The molecule has 0 aliphatic heterocycles. The molecule has 6 heteroatoms. The number of pyridine rings is 1. The molecule has 0 saturated carbocycles. The van der Waals surface area contributed by atoms with Crippen LogP contribution in [0.1, 0.15) is 22.8 Å². The summed E-state index contributed by atoms with van der Waals surface area (Å²) in [6.45, 7) is 2.41. The molecule has 1 amide bonds. The molecule has 0 bridgehead atoms. The smallest absolute Gasteiger partial charge is 0.276 e. The molecule has 24 heavy (non-hydrogen) atoms. The molecule has 1 heterocycles. The van der Waals surface area contributed by atoms with Gasteiger partial charge in [0.15, 0.2) is 0 Å². The van der Waals surface area contributed by atoms with Crippen molar-refractivity contribution in [2.45, 2.75) is 19.6 Å². The van der Waals surface area contributed by atoms with Crippen molar-refractivity contribution in [1.29, 1.82) is 0 Å². The minimum Gasteiger partial charge on any atom is -0.389 e. The summed E-state index contributed by atoms with van der Waals surface area (Å²) >= 11 is 0. The van der Waals surface area contributed by atoms with E-state index in [0.29, 0.717) is 12.1 Å². The van der Waals surface area contributed by atoms with Crippen LogP contribution in [0.25, 0.3) is 0 Å². The van der Waals surface area contributed by atoms with Gasteiger partial charge in [-0.25, -0.2) is 5.48 Å². The number of benzene rings is 1. The number of aromatic nitrogens is 1. The van der Waals surface area contributed by atoms with E-state index in [1.54, 1.807) is 43.6 Å². The van der Waals surface area contributed by atoms with Crippen molar-refractivity contribution in [3.05, 3.63) is 72.1 Å². The number of rotatable bonds is 8. The highest BCUT2D eigenvalue weighted by Gasteiger charge is 2.10. The number of para-hydroxylation sites is 1. The number of carbonyl (C=O) groups excluding carboxylic acids is 1. The number of nitrogens with one attached hydrogen (secondary N) is 2. The van der Waals surface area contributed by atoms with Gasteiger partial charge in [-0.1, -0.05) is 24.3 Å². The first-order chi connectivity index (χ1) is 11.7. The SMILES string of the molecule is CC(O)/C=C/CONC(=O)c1ccccc1NCc1ccncc1. The highest BCUT2D eigenvalue weighted by Crippen LogP contribution is 2.16. The molecule has 0 spiro atoms. The Bertz CT molecular complexity index is 672. The van der Waals surface area contributed by atoms with Crippen LogP contribution in [0.2, 0.25) is 0 Å². The van der Waals surface area contributed by atoms with E-state index in [-0.39, 0.29) is 12.5 Å². The second-order valence-electron chi connectivity index (χ2n) is 5.17. The number of anilines is 1. The first kappa shape index (κ1) is 17.7. The second-order valence-corrected chi connectivity index (χ2v) is 5.17. The van der Waals surface area contributed by atoms with Crippen LogP contribution >= 0.6 is 0 Å². The summed E-state index contributed by atoms with van der Waals surface area (Å²) in [5, 5.41) is 12.3. The molecule has 3 N–H and O–H groups in total. The average Bonchev–Trinajstić information content (AvgIpc) is 2.60. The topological polar surface area (TPSA) is 83.5 Å². The van der Waals surface area contributed by atoms with E-state index < -0.39 is 6.10 Å². The zero-order chi connectivity index (χ0) is 17.2. The summed E-state index contributed by atoms with van der Waals surface area (Å²) in [5.41, 5.74) is 4.67. The molecule has 0 radical (unpaired) electrons. The van der Waals surface area contributed by atoms with Gasteiger partial charge in [-0.2, -0.15) is 0 Å². The van der Waals surface area contributed by atoms with E-state index >= 15 is 0 Å². The van der Waals surface area contributed by atoms with Crippen molar-refractivity contribution in [2.75, 3.05) is 11.9 Å². The van der Waals surface area contributed by atoms with Gasteiger partial charge in [0.1, 0.15) is 0 Å². The van der Waals surface area contributed by atoms with Crippen molar-refractivity contribution in [3.63, 3.8) is 0 Å². The largest absolute Gasteiger partial charge is 0.389 e. The van der Waals surface area contributed by atoms with E-state index in [2.05, 4.69) is 15.8 Å². The first-order valence-corrected chi connectivity index (χ1v) is 7.65. The van der Waals surface area contributed by atoms with E-state index in [1.807, 2.05) is 24.3 Å². The molecule has 0 saturated heterocycles. The van der Waals surface area contributed by atoms with Gasteiger partial charge in [0.2, 0.25) is 0 Å². The Balaban J connectivity index is 1.91. The molecule has 1 unspecified atom stereocenters. The summed E-state index contributed by atoms with van der Waals surface area (Å²) in [4.78, 5) is 21.3. The van der Waals surface area contributed by atoms with Gasteiger partial charge in [0, 0.05) is 24.6 Å². The van der Waals surface area contributed by atoms with Crippen molar-refractivity contribution >= 4 is 11.6 Å². The molecule has 126 valence electrons. The Hall–Kier alpha value is -2.70. The van der Waals surface area contributed by atoms with Crippen molar-refractivity contribution in [2.24, 2.45) is 0 Å². The Kier molecular flexibility index (Phi) is 6.94. The Morgan fingerprint density at radius 3 is 2.79 bits per heavy atom. The monoisotopic (exact) mass is 327 g/mol. The van der Waals surface area contributed by atoms with Gasteiger partial charge < -0.3 is 10.4 Å². The summed E-state index contributed by atoms with van der Waals surface area (Å²) in [6, 6.07) is 11.0. The fraction of sp³-hybridized carbons (Fsp3) is 0.222. The second kappa shape index (κ2) is 9.44. The Morgan fingerprint density at radius 2 is 2.04 bits per heavy atom. The van der Waals surface area contributed by atoms with Gasteiger partial charge in [0.05, 0.1) is 18.3 Å². The molecule has 0 fully saturated rings. The maximum Gasteiger partial charge on any atom is 0.276 e. The maximum atomic E-state index is 12.2. The van der Waals surface area contributed by atoms with Crippen LogP contribution in [0.5, 0.6) is 0 Å². The molecule has 1 atom stereocenters. The quantitative estimate of drug-likeness (QED) is 0.394. The van der Waals surface area contributed by atoms with Gasteiger partial charge in [-0.05, 0) is 36.8 Å². The average molecular weight is 327 g/mol. The third kappa shape index (κ3) is 5.83. The van der Waals surface area contributed by atoms with Gasteiger partial charge in [-0.15, -0.1) is 0 Å². The zero-order valence-electron chi connectivity index (χ0n) is 13.5. The van der Waals surface area contributed by atoms with E-state index in [4.69, 9.17) is 9.94 Å². The van der Waals surface area contributed by atoms with Crippen molar-refractivity contribution in [1.82, 2.24) is 10.5 Å². The summed E-state index contributed by atoms with van der Waals surface area (Å²) in [6.07, 6.45) is 6.13. The van der Waals surface area contributed by atoms with Crippen LogP contribution in [0, 0.1) is 0 Å². The highest BCUT2D eigenvalue weighted by molar-refractivity contribution is 5.98. The van der Waals surface area contributed by atoms with E-state index in [1.165, 1.54) is 0 Å². The fourth-order valence-electron chi connectivity index (χ4n) is 2.00. The Labute approximate surface area is 141 Å². The van der Waals surface area contributed by atoms with E-state index in [9.17, 15) is 4.79 Å². The molecule has 1 aromatic heterocycles. The standard InChI is InChI=1S/C18H21N3O3/c1-14(22)5-4-12-24-21-18(23)16-6-2-3-7-17(16)20-13-15-8-10-19-11-9-15/h2-11,14,20,22H,12-13H2,1H3,(H,21,23)/b5-4+. The molecule has 2 rings (SSSR count). The number of amides is 1. The van der Waals surface area contributed by atoms with E-state index in [0.717, 1.165) is 11.3 Å². The minimum absolute atomic E-state index is 0.184. The number of nitrogens with zero attached hydrogens (tertiary/aromatic N) is 1. The molecule has 2 aromatic rings. The van der Waals surface area contributed by atoms with Crippen LogP contribution in [-0.4, -0.2) is 28.7 Å². The summed E-state index contributed by atoms with van der Waals surface area (Å²) in [5.74, 6) is -0.335. The fourth-order valence-corrected chi connectivity index (χ4v) is 2.00. The lowest BCUT2D eigenvalue weighted by Crippen LogP contribution is -2.25. The number of carbonyl (C=O) groups is 1. The molecule has 1 aromatic carbocycles. The van der Waals surface area contributed by atoms with Gasteiger partial charge in [0.25, 0.3) is 5.91 Å². The summed E-state index contributed by atoms with van der Waals surface area (Å²) in [7, 11) is 0. The summed E-state index contributed by atoms with van der Waals surface area (Å²) < 4.78 is 0. The van der Waals surface area contributed by atoms with Crippen LogP contribution in [-0.2, 0) is 11.4 Å². The number of aliphatic hydroxyl groups excluding tert-OH is 1. The lowest BCUT2D eigenvalue weighted by molar-refractivity contribution is 0.0420. The zero-order valence-corrected chi connectivity index (χ0v) is 13.5. The molecule has 6 nitrogen and oxygen atoms in total. The van der Waals surface area contributed by atoms with Crippen molar-refractivity contribution in [3.8, 4) is 0 Å². The highest BCUT2D eigenvalue weighted by atomic mass is 16.6. The van der Waals surface area contributed by atoms with Crippen LogP contribution in [0.15, 0.2) is 60.9 Å². The number of hydroxylamine groups is 1. The van der Waals surface area contributed by atoms with Crippen LogP contribution in [0.4, 0.5) is 5.69 Å². The molecule has 0 aliphatic carbocycles. The maximum absolute atomic E-state index is 12.2. The molecular weight excluding hydrogens is 306 g/mol. The number of hydrogen-bond donors (Lipinski definition) is 3.